The second-order valence-electron chi connectivity index (χ2n) is 5.06. The third kappa shape index (κ3) is 4.22. The van der Waals surface area contributed by atoms with Crippen molar-refractivity contribution in [1.29, 1.82) is 0 Å². The zero-order valence-corrected chi connectivity index (χ0v) is 13.1. The lowest BCUT2D eigenvalue weighted by Crippen LogP contribution is -2.10. The minimum absolute atomic E-state index is 0.00497. The highest BCUT2D eigenvalue weighted by atomic mass is 16.5. The molecule has 0 aliphatic rings. The first-order valence-electron chi connectivity index (χ1n) is 7.30. The third-order valence-corrected chi connectivity index (χ3v) is 3.14. The number of hydrogen-bond donors (Lipinski definition) is 2. The smallest absolute Gasteiger partial charge is 0.224 e. The van der Waals surface area contributed by atoms with Gasteiger partial charge in [0, 0.05) is 6.42 Å². The molecule has 0 unspecified atom stereocenters. The Kier molecular flexibility index (Phi) is 5.36. The molecule has 2 aromatic rings. The average molecular weight is 299 g/mol. The van der Waals surface area contributed by atoms with Gasteiger partial charge >= 0.3 is 0 Å². The van der Waals surface area contributed by atoms with Crippen molar-refractivity contribution >= 4 is 23.1 Å². The van der Waals surface area contributed by atoms with Crippen LogP contribution in [0.4, 0.5) is 17.2 Å². The van der Waals surface area contributed by atoms with Gasteiger partial charge in [0.15, 0.2) is 0 Å². The topological polar surface area (TPSA) is 63.2 Å². The first-order valence-corrected chi connectivity index (χ1v) is 7.30. The molecule has 0 saturated carbocycles. The molecule has 0 spiro atoms. The van der Waals surface area contributed by atoms with Crippen molar-refractivity contribution in [2.24, 2.45) is 0 Å². The largest absolute Gasteiger partial charge is 0.495 e. The Morgan fingerprint density at radius 3 is 2.73 bits per heavy atom. The zero-order valence-electron chi connectivity index (χ0n) is 13.1. The van der Waals surface area contributed by atoms with Gasteiger partial charge in [-0.1, -0.05) is 13.0 Å². The number of nitrogens with zero attached hydrogens (tertiary/aromatic N) is 1. The maximum atomic E-state index is 11.5. The number of anilines is 3. The van der Waals surface area contributed by atoms with Crippen LogP contribution >= 0.6 is 0 Å². The van der Waals surface area contributed by atoms with Crippen LogP contribution in [-0.2, 0) is 4.79 Å². The van der Waals surface area contributed by atoms with Gasteiger partial charge in [0.1, 0.15) is 11.6 Å². The van der Waals surface area contributed by atoms with E-state index < -0.39 is 0 Å². The van der Waals surface area contributed by atoms with Gasteiger partial charge in [-0.15, -0.1) is 0 Å². The minimum Gasteiger partial charge on any atom is -0.495 e. The molecule has 0 aliphatic carbocycles. The van der Waals surface area contributed by atoms with Crippen molar-refractivity contribution in [3.8, 4) is 5.75 Å². The van der Waals surface area contributed by atoms with Gasteiger partial charge in [0.25, 0.3) is 0 Å². The number of ether oxygens (including phenoxy) is 1. The number of hydrogen-bond acceptors (Lipinski definition) is 4. The molecule has 0 radical (unpaired) electrons. The number of aryl methyl sites for hydroxylation is 1. The highest BCUT2D eigenvalue weighted by Gasteiger charge is 2.05. The molecule has 0 saturated heterocycles. The number of aromatic nitrogens is 1. The Labute approximate surface area is 130 Å². The summed E-state index contributed by atoms with van der Waals surface area (Å²) >= 11 is 0. The summed E-state index contributed by atoms with van der Waals surface area (Å²) in [5.41, 5.74) is 2.68. The quantitative estimate of drug-likeness (QED) is 0.849. The fourth-order valence-corrected chi connectivity index (χ4v) is 2.05. The van der Waals surface area contributed by atoms with E-state index in [9.17, 15) is 4.79 Å². The standard InChI is InChI=1S/C17H21N3O2/c1-4-5-17(21)19-13-7-9-16(18-11-13)20-14-10-12(2)6-8-15(14)22-3/h6-11H,4-5H2,1-3H3,(H,18,20)(H,19,21). The summed E-state index contributed by atoms with van der Waals surface area (Å²) < 4.78 is 5.33. The van der Waals surface area contributed by atoms with E-state index in [0.29, 0.717) is 17.9 Å². The van der Waals surface area contributed by atoms with Crippen LogP contribution in [0.1, 0.15) is 25.3 Å². The Morgan fingerprint density at radius 2 is 2.09 bits per heavy atom. The van der Waals surface area contributed by atoms with Crippen molar-refractivity contribution in [3.63, 3.8) is 0 Å². The summed E-state index contributed by atoms with van der Waals surface area (Å²) in [5.74, 6) is 1.45. The van der Waals surface area contributed by atoms with E-state index in [1.165, 1.54) is 0 Å². The van der Waals surface area contributed by atoms with Gasteiger partial charge in [-0.2, -0.15) is 0 Å². The fraction of sp³-hybridized carbons (Fsp3) is 0.294. The van der Waals surface area contributed by atoms with E-state index in [4.69, 9.17) is 4.74 Å². The number of pyridine rings is 1. The van der Waals surface area contributed by atoms with Crippen molar-refractivity contribution in [2.45, 2.75) is 26.7 Å². The molecule has 1 aromatic carbocycles. The van der Waals surface area contributed by atoms with Crippen LogP contribution in [0.3, 0.4) is 0 Å². The summed E-state index contributed by atoms with van der Waals surface area (Å²) in [5, 5.41) is 6.03. The van der Waals surface area contributed by atoms with Crippen LogP contribution in [0.25, 0.3) is 0 Å². The van der Waals surface area contributed by atoms with Crippen LogP contribution < -0.4 is 15.4 Å². The van der Waals surface area contributed by atoms with E-state index in [2.05, 4.69) is 15.6 Å². The molecule has 2 rings (SSSR count). The van der Waals surface area contributed by atoms with E-state index >= 15 is 0 Å². The van der Waals surface area contributed by atoms with E-state index in [1.807, 2.05) is 44.2 Å². The monoisotopic (exact) mass is 299 g/mol. The van der Waals surface area contributed by atoms with Gasteiger partial charge < -0.3 is 15.4 Å². The Balaban J connectivity index is 2.08. The number of methoxy groups -OCH3 is 1. The SMILES string of the molecule is CCCC(=O)Nc1ccc(Nc2cc(C)ccc2OC)nc1. The molecule has 1 amide bonds. The predicted molar refractivity (Wildman–Crippen MR) is 88.8 cm³/mol. The number of nitrogens with one attached hydrogen (secondary N) is 2. The van der Waals surface area contributed by atoms with Crippen molar-refractivity contribution < 1.29 is 9.53 Å². The second kappa shape index (κ2) is 7.45. The molecule has 0 atom stereocenters. The molecular weight excluding hydrogens is 278 g/mol. The number of amides is 1. The predicted octanol–water partition coefficient (Wildman–Crippen LogP) is 3.88. The molecule has 1 heterocycles. The summed E-state index contributed by atoms with van der Waals surface area (Å²) in [6.45, 7) is 3.99. The summed E-state index contributed by atoms with van der Waals surface area (Å²) in [6, 6.07) is 9.55. The van der Waals surface area contributed by atoms with Gasteiger partial charge in [0.2, 0.25) is 5.91 Å². The lowest BCUT2D eigenvalue weighted by atomic mass is 10.2. The minimum atomic E-state index is 0.00497. The third-order valence-electron chi connectivity index (χ3n) is 3.14. The maximum absolute atomic E-state index is 11.5. The molecule has 116 valence electrons. The first-order chi connectivity index (χ1) is 10.6. The lowest BCUT2D eigenvalue weighted by Gasteiger charge is -2.12. The second-order valence-corrected chi connectivity index (χ2v) is 5.06. The molecule has 22 heavy (non-hydrogen) atoms. The van der Waals surface area contributed by atoms with Gasteiger partial charge in [0.05, 0.1) is 24.7 Å². The molecule has 1 aromatic heterocycles. The Morgan fingerprint density at radius 1 is 1.27 bits per heavy atom. The lowest BCUT2D eigenvalue weighted by molar-refractivity contribution is -0.116. The van der Waals surface area contributed by atoms with E-state index in [-0.39, 0.29) is 5.91 Å². The first kappa shape index (κ1) is 15.8. The normalized spacial score (nSPS) is 10.1. The van der Waals surface area contributed by atoms with Crippen LogP contribution in [0, 0.1) is 6.92 Å². The zero-order chi connectivity index (χ0) is 15.9. The molecule has 0 aliphatic heterocycles. The number of rotatable bonds is 6. The van der Waals surface area contributed by atoms with E-state index in [0.717, 1.165) is 23.4 Å². The number of benzene rings is 1. The van der Waals surface area contributed by atoms with Crippen molar-refractivity contribution in [1.82, 2.24) is 4.98 Å². The van der Waals surface area contributed by atoms with Crippen LogP contribution in [0.2, 0.25) is 0 Å². The average Bonchev–Trinajstić information content (AvgIpc) is 2.50. The molecule has 0 fully saturated rings. The summed E-state index contributed by atoms with van der Waals surface area (Å²) in [4.78, 5) is 15.8. The fourth-order valence-electron chi connectivity index (χ4n) is 2.05. The van der Waals surface area contributed by atoms with Crippen LogP contribution in [-0.4, -0.2) is 18.0 Å². The highest BCUT2D eigenvalue weighted by molar-refractivity contribution is 5.90. The maximum Gasteiger partial charge on any atom is 0.224 e. The molecule has 2 N–H and O–H groups in total. The molecule has 0 bridgehead atoms. The molecular formula is C17H21N3O2. The molecule has 5 heteroatoms. The summed E-state index contributed by atoms with van der Waals surface area (Å²) in [6.07, 6.45) is 2.98. The number of carbonyl (C=O) groups is 1. The Hall–Kier alpha value is -2.56. The summed E-state index contributed by atoms with van der Waals surface area (Å²) in [7, 11) is 1.63. The van der Waals surface area contributed by atoms with E-state index in [1.54, 1.807) is 13.3 Å². The molecule has 5 nitrogen and oxygen atoms in total. The van der Waals surface area contributed by atoms with Gasteiger partial charge in [-0.05, 0) is 43.2 Å². The van der Waals surface area contributed by atoms with Crippen LogP contribution in [0.5, 0.6) is 5.75 Å². The highest BCUT2D eigenvalue weighted by Crippen LogP contribution is 2.28. The van der Waals surface area contributed by atoms with Crippen LogP contribution in [0.15, 0.2) is 36.5 Å². The van der Waals surface area contributed by atoms with Crippen molar-refractivity contribution in [3.05, 3.63) is 42.1 Å². The van der Waals surface area contributed by atoms with Crippen molar-refractivity contribution in [2.75, 3.05) is 17.7 Å². The van der Waals surface area contributed by atoms with Gasteiger partial charge in [-0.3, -0.25) is 4.79 Å². The van der Waals surface area contributed by atoms with Gasteiger partial charge in [-0.25, -0.2) is 4.98 Å². The number of carbonyl (C=O) groups excluding carboxylic acids is 1. The Bertz CT molecular complexity index is 639.